The molecule has 2 unspecified atom stereocenters. The average Bonchev–Trinajstić information content (AvgIpc) is 2.61. The number of aromatic nitrogens is 1. The van der Waals surface area contributed by atoms with Crippen LogP contribution in [-0.4, -0.2) is 11.1 Å². The third-order valence-corrected chi connectivity index (χ3v) is 2.29. The van der Waals surface area contributed by atoms with E-state index in [4.69, 9.17) is 4.74 Å². The zero-order valence-electron chi connectivity index (χ0n) is 10.7. The zero-order valence-corrected chi connectivity index (χ0v) is 10.7. The maximum atomic E-state index is 5.51. The topological polar surface area (TPSA) is 22.1 Å². The van der Waals surface area contributed by atoms with Gasteiger partial charge in [0.05, 0.1) is 0 Å². The van der Waals surface area contributed by atoms with Crippen molar-refractivity contribution in [3.8, 4) is 5.88 Å². The molecule has 0 aliphatic carbocycles. The highest BCUT2D eigenvalue weighted by atomic mass is 16.5. The van der Waals surface area contributed by atoms with Gasteiger partial charge >= 0.3 is 0 Å². The first-order valence-electron chi connectivity index (χ1n) is 5.90. The lowest BCUT2D eigenvalue weighted by Crippen LogP contribution is -2.10. The second kappa shape index (κ2) is 7.27. The number of fused-ring (bicyclic) bond motifs is 1. The van der Waals surface area contributed by atoms with Crippen LogP contribution >= 0.6 is 0 Å². The van der Waals surface area contributed by atoms with Crippen LogP contribution in [0.5, 0.6) is 5.88 Å². The Kier molecular flexibility index (Phi) is 6.76. The molecule has 2 atom stereocenters. The molecule has 0 N–H and O–H groups in total. The summed E-state index contributed by atoms with van der Waals surface area (Å²) in [6, 6.07) is 4.03. The summed E-state index contributed by atoms with van der Waals surface area (Å²) in [5.74, 6) is 1.30. The first-order chi connectivity index (χ1) is 7.29. The van der Waals surface area contributed by atoms with E-state index in [1.165, 1.54) is 5.56 Å². The van der Waals surface area contributed by atoms with Crippen LogP contribution in [0.2, 0.25) is 0 Å². The molecule has 15 heavy (non-hydrogen) atoms. The second-order valence-electron chi connectivity index (χ2n) is 3.01. The zero-order chi connectivity index (χ0) is 11.8. The van der Waals surface area contributed by atoms with Crippen molar-refractivity contribution in [3.63, 3.8) is 0 Å². The molecule has 1 aliphatic heterocycles. The SMILES string of the molecule is CC.CC.CC1Oc2ncccc2C1C. The van der Waals surface area contributed by atoms with Crippen LogP contribution in [0.25, 0.3) is 0 Å². The molecule has 2 nitrogen and oxygen atoms in total. The van der Waals surface area contributed by atoms with E-state index >= 15 is 0 Å². The van der Waals surface area contributed by atoms with Crippen molar-refractivity contribution < 1.29 is 4.74 Å². The molecular weight excluding hydrogens is 186 g/mol. The van der Waals surface area contributed by atoms with E-state index < -0.39 is 0 Å². The first-order valence-corrected chi connectivity index (χ1v) is 5.90. The van der Waals surface area contributed by atoms with Crippen LogP contribution < -0.4 is 4.74 Å². The van der Waals surface area contributed by atoms with Crippen molar-refractivity contribution in [2.45, 2.75) is 53.6 Å². The third kappa shape index (κ3) is 3.22. The highest BCUT2D eigenvalue weighted by Gasteiger charge is 2.27. The van der Waals surface area contributed by atoms with Crippen molar-refractivity contribution >= 4 is 0 Å². The standard InChI is InChI=1S/C9H11NO.2C2H6/c1-6-7(2)11-9-8(6)4-3-5-10-9;2*1-2/h3-7H,1-2H3;2*1-2H3. The van der Waals surface area contributed by atoms with Crippen LogP contribution in [-0.2, 0) is 0 Å². The van der Waals surface area contributed by atoms with E-state index in [-0.39, 0.29) is 6.10 Å². The monoisotopic (exact) mass is 209 g/mol. The molecule has 1 aromatic heterocycles. The Morgan fingerprint density at radius 3 is 2.27 bits per heavy atom. The minimum atomic E-state index is 0.278. The molecule has 0 saturated carbocycles. The number of pyridine rings is 1. The van der Waals surface area contributed by atoms with Crippen molar-refractivity contribution in [2.75, 3.05) is 0 Å². The van der Waals surface area contributed by atoms with Gasteiger partial charge in [-0.05, 0) is 13.0 Å². The molecule has 0 aromatic carbocycles. The largest absolute Gasteiger partial charge is 0.474 e. The van der Waals surface area contributed by atoms with E-state index in [0.717, 1.165) is 5.88 Å². The molecule has 2 heterocycles. The smallest absolute Gasteiger partial charge is 0.217 e. The van der Waals surface area contributed by atoms with Crippen LogP contribution in [0.15, 0.2) is 18.3 Å². The fourth-order valence-corrected chi connectivity index (χ4v) is 1.38. The van der Waals surface area contributed by atoms with E-state index in [1.54, 1.807) is 6.20 Å². The van der Waals surface area contributed by atoms with Crippen LogP contribution in [0.4, 0.5) is 0 Å². The molecule has 0 bridgehead atoms. The minimum absolute atomic E-state index is 0.278. The Hall–Kier alpha value is -1.05. The van der Waals surface area contributed by atoms with Gasteiger partial charge in [0.2, 0.25) is 5.88 Å². The summed E-state index contributed by atoms with van der Waals surface area (Å²) in [5, 5.41) is 0. The van der Waals surface area contributed by atoms with Gasteiger partial charge in [-0.15, -0.1) is 0 Å². The van der Waals surface area contributed by atoms with E-state index in [2.05, 4.69) is 24.9 Å². The Bertz CT molecular complexity index is 273. The number of ether oxygens (including phenoxy) is 1. The van der Waals surface area contributed by atoms with Crippen LogP contribution in [0, 0.1) is 0 Å². The third-order valence-electron chi connectivity index (χ3n) is 2.29. The fourth-order valence-electron chi connectivity index (χ4n) is 1.38. The number of rotatable bonds is 0. The second-order valence-corrected chi connectivity index (χ2v) is 3.01. The molecule has 0 radical (unpaired) electrons. The van der Waals surface area contributed by atoms with Crippen molar-refractivity contribution in [1.82, 2.24) is 4.98 Å². The van der Waals surface area contributed by atoms with E-state index in [9.17, 15) is 0 Å². The lowest BCUT2D eigenvalue weighted by atomic mass is 10.0. The fraction of sp³-hybridized carbons (Fsp3) is 0.615. The van der Waals surface area contributed by atoms with Gasteiger partial charge in [0.15, 0.2) is 0 Å². The lowest BCUT2D eigenvalue weighted by Gasteiger charge is -2.06. The van der Waals surface area contributed by atoms with Crippen LogP contribution in [0.3, 0.4) is 0 Å². The Balaban J connectivity index is 0.000000442. The van der Waals surface area contributed by atoms with Gasteiger partial charge in [-0.1, -0.05) is 40.7 Å². The van der Waals surface area contributed by atoms with E-state index in [0.29, 0.717) is 5.92 Å². The molecule has 2 rings (SSSR count). The van der Waals surface area contributed by atoms with Crippen molar-refractivity contribution in [3.05, 3.63) is 23.9 Å². The Morgan fingerprint density at radius 1 is 1.13 bits per heavy atom. The summed E-state index contributed by atoms with van der Waals surface area (Å²) in [6.07, 6.45) is 2.05. The average molecular weight is 209 g/mol. The molecular formula is C13H23NO. The van der Waals surface area contributed by atoms with Gasteiger partial charge in [-0.25, -0.2) is 4.98 Å². The molecule has 2 heteroatoms. The molecule has 0 saturated heterocycles. The first kappa shape index (κ1) is 13.9. The summed E-state index contributed by atoms with van der Waals surface area (Å²) in [5.41, 5.74) is 1.24. The van der Waals surface area contributed by atoms with Crippen molar-refractivity contribution in [2.24, 2.45) is 0 Å². The molecule has 0 fully saturated rings. The molecule has 0 amide bonds. The molecule has 86 valence electrons. The number of nitrogens with zero attached hydrogens (tertiary/aromatic N) is 1. The number of hydrogen-bond acceptors (Lipinski definition) is 2. The summed E-state index contributed by atoms with van der Waals surface area (Å²) in [7, 11) is 0. The Morgan fingerprint density at radius 2 is 1.73 bits per heavy atom. The van der Waals surface area contributed by atoms with Crippen molar-refractivity contribution in [1.29, 1.82) is 0 Å². The predicted molar refractivity (Wildman–Crippen MR) is 65.4 cm³/mol. The summed E-state index contributed by atoms with van der Waals surface area (Å²) < 4.78 is 5.51. The van der Waals surface area contributed by atoms with Gasteiger partial charge in [0, 0.05) is 17.7 Å². The maximum absolute atomic E-state index is 5.51. The normalized spacial score (nSPS) is 21.2. The predicted octanol–water partition coefficient (Wildman–Crippen LogP) is 4.02. The summed E-state index contributed by atoms with van der Waals surface area (Å²) in [6.45, 7) is 12.2. The van der Waals surface area contributed by atoms with E-state index in [1.807, 2.05) is 33.8 Å². The van der Waals surface area contributed by atoms with Gasteiger partial charge in [-0.2, -0.15) is 0 Å². The van der Waals surface area contributed by atoms with Gasteiger partial charge in [-0.3, -0.25) is 0 Å². The Labute approximate surface area is 93.7 Å². The molecule has 1 aromatic rings. The highest BCUT2D eigenvalue weighted by molar-refractivity contribution is 5.33. The summed E-state index contributed by atoms with van der Waals surface area (Å²) in [4.78, 5) is 4.14. The minimum Gasteiger partial charge on any atom is -0.474 e. The molecule has 0 spiro atoms. The van der Waals surface area contributed by atoms with Gasteiger partial charge < -0.3 is 4.74 Å². The van der Waals surface area contributed by atoms with Gasteiger partial charge in [0.25, 0.3) is 0 Å². The highest BCUT2D eigenvalue weighted by Crippen LogP contribution is 2.35. The lowest BCUT2D eigenvalue weighted by molar-refractivity contribution is 0.225. The molecule has 1 aliphatic rings. The van der Waals surface area contributed by atoms with Crippen LogP contribution in [0.1, 0.15) is 53.0 Å². The quantitative estimate of drug-likeness (QED) is 0.644. The summed E-state index contributed by atoms with van der Waals surface area (Å²) >= 11 is 0. The number of hydrogen-bond donors (Lipinski definition) is 0. The van der Waals surface area contributed by atoms with Gasteiger partial charge in [0.1, 0.15) is 6.10 Å². The maximum Gasteiger partial charge on any atom is 0.217 e.